The van der Waals surface area contributed by atoms with Crippen LogP contribution >= 0.6 is 0 Å². The molecule has 0 aliphatic heterocycles. The van der Waals surface area contributed by atoms with E-state index in [1.807, 2.05) is 39.8 Å². The first-order chi connectivity index (χ1) is 10.3. The van der Waals surface area contributed by atoms with Crippen LogP contribution in [0, 0.1) is 5.82 Å². The zero-order valence-electron chi connectivity index (χ0n) is 13.1. The predicted molar refractivity (Wildman–Crippen MR) is 89.7 cm³/mol. The number of halogens is 1. The molecular weight excluding hydrogens is 299 g/mol. The molecule has 0 spiro atoms. The van der Waals surface area contributed by atoms with Gasteiger partial charge in [0.15, 0.2) is 0 Å². The van der Waals surface area contributed by atoms with E-state index in [1.165, 1.54) is 12.1 Å². The van der Waals surface area contributed by atoms with Gasteiger partial charge < -0.3 is 4.55 Å². The molecule has 2 aromatic rings. The Hall–Kier alpha value is -1.72. The molecule has 1 heterocycles. The summed E-state index contributed by atoms with van der Waals surface area (Å²) in [5.74, 6) is -0.279. The SMILES string of the molecule is C/C(=N\[S@+]([O-])C(C)(C)C)c1ccnc(-c2ccc(F)cc2)c1. The lowest BCUT2D eigenvalue weighted by Gasteiger charge is -2.18. The maximum Gasteiger partial charge on any atom is 0.144 e. The molecule has 0 unspecified atom stereocenters. The largest absolute Gasteiger partial charge is 0.591 e. The lowest BCUT2D eigenvalue weighted by Crippen LogP contribution is -2.26. The van der Waals surface area contributed by atoms with Crippen LogP contribution in [-0.2, 0) is 11.4 Å². The first-order valence-corrected chi connectivity index (χ1v) is 8.08. The van der Waals surface area contributed by atoms with Gasteiger partial charge in [-0.3, -0.25) is 4.98 Å². The first-order valence-electron chi connectivity index (χ1n) is 6.97. The Kier molecular flexibility index (Phi) is 4.98. The Morgan fingerprint density at radius 2 is 1.82 bits per heavy atom. The third-order valence-electron chi connectivity index (χ3n) is 3.06. The van der Waals surface area contributed by atoms with Gasteiger partial charge >= 0.3 is 0 Å². The highest BCUT2D eigenvalue weighted by molar-refractivity contribution is 7.91. The minimum Gasteiger partial charge on any atom is -0.591 e. The molecule has 3 nitrogen and oxygen atoms in total. The summed E-state index contributed by atoms with van der Waals surface area (Å²) in [4.78, 5) is 4.30. The zero-order chi connectivity index (χ0) is 16.3. The monoisotopic (exact) mass is 318 g/mol. The van der Waals surface area contributed by atoms with Crippen molar-refractivity contribution in [3.63, 3.8) is 0 Å². The van der Waals surface area contributed by atoms with Crippen LogP contribution in [0.3, 0.4) is 0 Å². The molecule has 0 saturated heterocycles. The van der Waals surface area contributed by atoms with Crippen molar-refractivity contribution in [1.82, 2.24) is 4.98 Å². The molecule has 5 heteroatoms. The van der Waals surface area contributed by atoms with Crippen LogP contribution in [0.25, 0.3) is 11.3 Å². The van der Waals surface area contributed by atoms with E-state index < -0.39 is 16.1 Å². The summed E-state index contributed by atoms with van der Waals surface area (Å²) in [5.41, 5.74) is 3.10. The number of rotatable bonds is 3. The molecule has 0 saturated carbocycles. The van der Waals surface area contributed by atoms with Gasteiger partial charge in [-0.1, -0.05) is 4.40 Å². The molecule has 22 heavy (non-hydrogen) atoms. The average Bonchev–Trinajstić information content (AvgIpc) is 2.47. The Bertz CT molecular complexity index is 678. The lowest BCUT2D eigenvalue weighted by atomic mass is 10.1. The summed E-state index contributed by atoms with van der Waals surface area (Å²) in [5, 5.41) is 0. The van der Waals surface area contributed by atoms with Crippen molar-refractivity contribution < 1.29 is 8.94 Å². The minimum absolute atomic E-state index is 0.279. The van der Waals surface area contributed by atoms with Crippen LogP contribution in [-0.4, -0.2) is 20.0 Å². The van der Waals surface area contributed by atoms with Gasteiger partial charge in [-0.05, 0) is 64.1 Å². The summed E-state index contributed by atoms with van der Waals surface area (Å²) in [6, 6.07) is 9.86. The van der Waals surface area contributed by atoms with Crippen molar-refractivity contribution in [1.29, 1.82) is 0 Å². The molecule has 1 aromatic heterocycles. The second-order valence-electron chi connectivity index (χ2n) is 5.97. The summed E-state index contributed by atoms with van der Waals surface area (Å²) in [6.07, 6.45) is 1.67. The summed E-state index contributed by atoms with van der Waals surface area (Å²) in [7, 11) is 0. The van der Waals surface area contributed by atoms with E-state index in [-0.39, 0.29) is 5.82 Å². The van der Waals surface area contributed by atoms with Gasteiger partial charge in [-0.25, -0.2) is 4.39 Å². The predicted octanol–water partition coefficient (Wildman–Crippen LogP) is 4.16. The number of pyridine rings is 1. The number of hydrogen-bond acceptors (Lipinski definition) is 3. The number of nitrogens with zero attached hydrogens (tertiary/aromatic N) is 2. The number of aromatic nitrogens is 1. The van der Waals surface area contributed by atoms with Crippen LogP contribution in [0.1, 0.15) is 33.3 Å². The fourth-order valence-corrected chi connectivity index (χ4v) is 2.38. The van der Waals surface area contributed by atoms with Gasteiger partial charge in [-0.2, -0.15) is 0 Å². The molecule has 1 atom stereocenters. The highest BCUT2D eigenvalue weighted by Crippen LogP contribution is 2.21. The van der Waals surface area contributed by atoms with Gasteiger partial charge in [0.2, 0.25) is 0 Å². The lowest BCUT2D eigenvalue weighted by molar-refractivity contribution is 0.561. The van der Waals surface area contributed by atoms with Crippen LogP contribution in [0.5, 0.6) is 0 Å². The molecule has 0 aliphatic carbocycles. The van der Waals surface area contributed by atoms with Crippen molar-refractivity contribution >= 4 is 17.1 Å². The summed E-state index contributed by atoms with van der Waals surface area (Å²) >= 11 is -1.30. The van der Waals surface area contributed by atoms with E-state index in [2.05, 4.69) is 9.38 Å². The second kappa shape index (κ2) is 6.58. The fraction of sp³-hybridized carbons (Fsp3) is 0.294. The molecule has 0 fully saturated rings. The highest BCUT2D eigenvalue weighted by Gasteiger charge is 2.26. The molecule has 0 aliphatic rings. The molecule has 116 valence electrons. The normalized spacial score (nSPS) is 14.0. The van der Waals surface area contributed by atoms with E-state index >= 15 is 0 Å². The second-order valence-corrected chi connectivity index (χ2v) is 7.88. The van der Waals surface area contributed by atoms with E-state index in [4.69, 9.17) is 0 Å². The molecule has 0 bridgehead atoms. The first kappa shape index (κ1) is 16.6. The van der Waals surface area contributed by atoms with E-state index in [1.54, 1.807) is 18.3 Å². The molecule has 0 N–H and O–H groups in total. The third-order valence-corrected chi connectivity index (χ3v) is 4.55. The molecule has 0 amide bonds. The van der Waals surface area contributed by atoms with E-state index in [9.17, 15) is 8.94 Å². The molecule has 2 rings (SSSR count). The Balaban J connectivity index is 2.32. The number of benzene rings is 1. The Morgan fingerprint density at radius 3 is 2.41 bits per heavy atom. The average molecular weight is 318 g/mol. The summed E-state index contributed by atoms with van der Waals surface area (Å²) in [6.45, 7) is 7.48. The van der Waals surface area contributed by atoms with Crippen molar-refractivity contribution in [3.05, 3.63) is 54.0 Å². The maximum atomic E-state index is 13.0. The quantitative estimate of drug-likeness (QED) is 0.630. The number of hydrogen-bond donors (Lipinski definition) is 0. The van der Waals surface area contributed by atoms with Crippen molar-refractivity contribution in [2.24, 2.45) is 4.40 Å². The maximum absolute atomic E-state index is 13.0. The van der Waals surface area contributed by atoms with Crippen LogP contribution in [0.15, 0.2) is 47.0 Å². The fourth-order valence-electron chi connectivity index (χ4n) is 1.75. The van der Waals surface area contributed by atoms with Crippen LogP contribution in [0.2, 0.25) is 0 Å². The smallest absolute Gasteiger partial charge is 0.144 e. The van der Waals surface area contributed by atoms with Gasteiger partial charge in [0, 0.05) is 17.3 Å². The van der Waals surface area contributed by atoms with Crippen molar-refractivity contribution in [3.8, 4) is 11.3 Å². The Morgan fingerprint density at radius 1 is 1.18 bits per heavy atom. The van der Waals surface area contributed by atoms with E-state index in [0.717, 1.165) is 16.8 Å². The third kappa shape index (κ3) is 4.15. The van der Waals surface area contributed by atoms with Gasteiger partial charge in [-0.15, -0.1) is 0 Å². The van der Waals surface area contributed by atoms with E-state index in [0.29, 0.717) is 5.71 Å². The van der Waals surface area contributed by atoms with Crippen LogP contribution in [0.4, 0.5) is 4.39 Å². The highest BCUT2D eigenvalue weighted by atomic mass is 32.2. The van der Waals surface area contributed by atoms with Crippen molar-refractivity contribution in [2.75, 3.05) is 0 Å². The zero-order valence-corrected chi connectivity index (χ0v) is 13.9. The molecule has 1 aromatic carbocycles. The summed E-state index contributed by atoms with van der Waals surface area (Å²) < 4.78 is 29.0. The van der Waals surface area contributed by atoms with Gasteiger partial charge in [0.05, 0.1) is 11.4 Å². The standard InChI is InChI=1S/C17H19FN2OS/c1-12(20-22(21)17(2,3)4)14-9-10-19-16(11-14)13-5-7-15(18)8-6-13/h5-11H,1-4H3/b20-12+/t22-/m1/s1. The van der Waals surface area contributed by atoms with Crippen LogP contribution < -0.4 is 0 Å². The molecular formula is C17H19FN2OS. The molecule has 0 radical (unpaired) electrons. The van der Waals surface area contributed by atoms with Gasteiger partial charge in [0.25, 0.3) is 0 Å². The van der Waals surface area contributed by atoms with Gasteiger partial charge in [0.1, 0.15) is 21.9 Å². The van der Waals surface area contributed by atoms with Crippen molar-refractivity contribution in [2.45, 2.75) is 32.4 Å². The Labute approximate surface area is 133 Å². The minimum atomic E-state index is -1.30. The topological polar surface area (TPSA) is 48.3 Å².